The van der Waals surface area contributed by atoms with Crippen molar-refractivity contribution in [3.05, 3.63) is 29.8 Å². The predicted octanol–water partition coefficient (Wildman–Crippen LogP) is 0.738. The highest BCUT2D eigenvalue weighted by atomic mass is 16.5. The lowest BCUT2D eigenvalue weighted by atomic mass is 10.1. The lowest BCUT2D eigenvalue weighted by Gasteiger charge is -2.11. The van der Waals surface area contributed by atoms with E-state index in [0.717, 1.165) is 11.3 Å². The topological polar surface area (TPSA) is 61.5 Å². The average molecular weight is 209 g/mol. The van der Waals surface area contributed by atoms with Gasteiger partial charge in [0.1, 0.15) is 11.8 Å². The van der Waals surface area contributed by atoms with Crippen LogP contribution in [0.2, 0.25) is 0 Å². The van der Waals surface area contributed by atoms with Gasteiger partial charge in [0.05, 0.1) is 14.2 Å². The normalized spacial score (nSPS) is 11.9. The molecule has 0 heterocycles. The van der Waals surface area contributed by atoms with Gasteiger partial charge in [0, 0.05) is 6.42 Å². The van der Waals surface area contributed by atoms with Gasteiger partial charge in [0.15, 0.2) is 0 Å². The van der Waals surface area contributed by atoms with Gasteiger partial charge in [-0.15, -0.1) is 0 Å². The van der Waals surface area contributed by atoms with Gasteiger partial charge in [0.25, 0.3) is 0 Å². The third-order valence-electron chi connectivity index (χ3n) is 2.14. The summed E-state index contributed by atoms with van der Waals surface area (Å²) < 4.78 is 9.70. The minimum Gasteiger partial charge on any atom is -0.496 e. The molecule has 82 valence electrons. The second kappa shape index (κ2) is 5.36. The van der Waals surface area contributed by atoms with Gasteiger partial charge < -0.3 is 15.2 Å². The van der Waals surface area contributed by atoms with Crippen LogP contribution in [0.15, 0.2) is 24.3 Å². The van der Waals surface area contributed by atoms with Crippen LogP contribution in [0.5, 0.6) is 5.75 Å². The van der Waals surface area contributed by atoms with E-state index >= 15 is 0 Å². The molecule has 0 aliphatic carbocycles. The molecule has 0 aromatic heterocycles. The number of carbonyl (C=O) groups is 1. The second-order valence-electron chi connectivity index (χ2n) is 3.15. The monoisotopic (exact) mass is 209 g/mol. The maximum Gasteiger partial charge on any atom is 0.322 e. The summed E-state index contributed by atoms with van der Waals surface area (Å²) in [6.07, 6.45) is 0.413. The number of carbonyl (C=O) groups excluding carboxylic acids is 1. The molecule has 0 aliphatic heterocycles. The maximum atomic E-state index is 11.1. The number of methoxy groups -OCH3 is 2. The summed E-state index contributed by atoms with van der Waals surface area (Å²) in [4.78, 5) is 11.1. The Balaban J connectivity index is 2.75. The molecule has 0 spiro atoms. The summed E-state index contributed by atoms with van der Waals surface area (Å²) in [6, 6.07) is 6.81. The van der Waals surface area contributed by atoms with Crippen LogP contribution in [0.1, 0.15) is 5.56 Å². The molecule has 0 fully saturated rings. The van der Waals surface area contributed by atoms with Crippen LogP contribution in [-0.4, -0.2) is 26.2 Å². The Morgan fingerprint density at radius 1 is 1.40 bits per heavy atom. The third-order valence-corrected chi connectivity index (χ3v) is 2.14. The molecule has 1 rings (SSSR count). The van der Waals surface area contributed by atoms with Crippen LogP contribution < -0.4 is 10.5 Å². The van der Waals surface area contributed by atoms with E-state index in [1.807, 2.05) is 24.3 Å². The van der Waals surface area contributed by atoms with E-state index in [9.17, 15) is 4.79 Å². The van der Waals surface area contributed by atoms with Crippen LogP contribution in [0, 0.1) is 0 Å². The van der Waals surface area contributed by atoms with E-state index in [2.05, 4.69) is 4.74 Å². The number of hydrogen-bond donors (Lipinski definition) is 1. The van der Waals surface area contributed by atoms with E-state index in [0.29, 0.717) is 6.42 Å². The van der Waals surface area contributed by atoms with Gasteiger partial charge in [0.2, 0.25) is 0 Å². The minimum atomic E-state index is -0.647. The molecule has 0 saturated heterocycles. The molecule has 0 saturated carbocycles. The van der Waals surface area contributed by atoms with Crippen molar-refractivity contribution in [1.82, 2.24) is 0 Å². The highest BCUT2D eigenvalue weighted by molar-refractivity contribution is 5.75. The molecule has 4 heteroatoms. The zero-order valence-electron chi connectivity index (χ0n) is 8.90. The first-order chi connectivity index (χ1) is 7.19. The second-order valence-corrected chi connectivity index (χ2v) is 3.15. The lowest BCUT2D eigenvalue weighted by Crippen LogP contribution is -2.33. The van der Waals surface area contributed by atoms with Crippen molar-refractivity contribution in [2.24, 2.45) is 5.73 Å². The van der Waals surface area contributed by atoms with Crippen molar-refractivity contribution in [1.29, 1.82) is 0 Å². The fraction of sp³-hybridized carbons (Fsp3) is 0.364. The Morgan fingerprint density at radius 3 is 2.67 bits per heavy atom. The summed E-state index contributed by atoms with van der Waals surface area (Å²) in [5.74, 6) is 0.317. The van der Waals surface area contributed by atoms with Crippen molar-refractivity contribution in [2.75, 3.05) is 14.2 Å². The molecule has 1 aromatic rings. The summed E-state index contributed by atoms with van der Waals surface area (Å²) in [7, 11) is 2.91. The summed E-state index contributed by atoms with van der Waals surface area (Å²) in [6.45, 7) is 0. The van der Waals surface area contributed by atoms with Crippen molar-refractivity contribution >= 4 is 5.97 Å². The van der Waals surface area contributed by atoms with Crippen molar-refractivity contribution in [3.8, 4) is 5.75 Å². The number of ether oxygens (including phenoxy) is 2. The van der Waals surface area contributed by atoms with E-state index in [1.165, 1.54) is 7.11 Å². The first kappa shape index (κ1) is 11.5. The SMILES string of the molecule is COC(=O)C(N)Cc1ccccc1OC. The lowest BCUT2D eigenvalue weighted by molar-refractivity contribution is -0.142. The van der Waals surface area contributed by atoms with E-state index in [-0.39, 0.29) is 0 Å². The molecule has 0 bridgehead atoms. The Bertz CT molecular complexity index is 338. The third kappa shape index (κ3) is 2.95. The molecule has 1 aromatic carbocycles. The largest absolute Gasteiger partial charge is 0.496 e. The molecule has 2 N–H and O–H groups in total. The number of esters is 1. The van der Waals surface area contributed by atoms with E-state index in [1.54, 1.807) is 7.11 Å². The fourth-order valence-electron chi connectivity index (χ4n) is 1.34. The fourth-order valence-corrected chi connectivity index (χ4v) is 1.34. The molecular weight excluding hydrogens is 194 g/mol. The van der Waals surface area contributed by atoms with Crippen LogP contribution in [0.3, 0.4) is 0 Å². The van der Waals surface area contributed by atoms with Crippen molar-refractivity contribution < 1.29 is 14.3 Å². The smallest absolute Gasteiger partial charge is 0.322 e. The van der Waals surface area contributed by atoms with Gasteiger partial charge in [-0.2, -0.15) is 0 Å². The first-order valence-electron chi connectivity index (χ1n) is 4.64. The highest BCUT2D eigenvalue weighted by Crippen LogP contribution is 2.18. The Hall–Kier alpha value is -1.55. The summed E-state index contributed by atoms with van der Waals surface area (Å²) in [5.41, 5.74) is 6.55. The summed E-state index contributed by atoms with van der Waals surface area (Å²) >= 11 is 0. The molecule has 0 aliphatic rings. The molecule has 0 amide bonds. The summed E-state index contributed by atoms with van der Waals surface area (Å²) in [5, 5.41) is 0. The number of benzene rings is 1. The maximum absolute atomic E-state index is 11.1. The van der Waals surface area contributed by atoms with Gasteiger partial charge in [-0.3, -0.25) is 4.79 Å². The Kier molecular flexibility index (Phi) is 4.12. The molecular formula is C11H15NO3. The van der Waals surface area contributed by atoms with Gasteiger partial charge in [-0.25, -0.2) is 0 Å². The molecule has 15 heavy (non-hydrogen) atoms. The average Bonchev–Trinajstić information content (AvgIpc) is 2.28. The Morgan fingerprint density at radius 2 is 2.07 bits per heavy atom. The number of rotatable bonds is 4. The van der Waals surface area contributed by atoms with Crippen molar-refractivity contribution in [3.63, 3.8) is 0 Å². The van der Waals surface area contributed by atoms with Crippen LogP contribution in [0.25, 0.3) is 0 Å². The minimum absolute atomic E-state index is 0.413. The van der Waals surface area contributed by atoms with Gasteiger partial charge in [-0.05, 0) is 11.6 Å². The zero-order valence-corrected chi connectivity index (χ0v) is 8.90. The molecule has 4 nitrogen and oxygen atoms in total. The van der Waals surface area contributed by atoms with Crippen LogP contribution >= 0.6 is 0 Å². The Labute approximate surface area is 89.0 Å². The predicted molar refractivity (Wildman–Crippen MR) is 56.7 cm³/mol. The highest BCUT2D eigenvalue weighted by Gasteiger charge is 2.15. The quantitative estimate of drug-likeness (QED) is 0.743. The number of para-hydroxylation sites is 1. The molecule has 1 atom stereocenters. The van der Waals surface area contributed by atoms with Crippen molar-refractivity contribution in [2.45, 2.75) is 12.5 Å². The number of nitrogens with two attached hydrogens (primary N) is 1. The number of hydrogen-bond acceptors (Lipinski definition) is 4. The standard InChI is InChI=1S/C11H15NO3/c1-14-10-6-4-3-5-8(10)7-9(12)11(13)15-2/h3-6,9H,7,12H2,1-2H3. The van der Waals surface area contributed by atoms with Gasteiger partial charge in [-0.1, -0.05) is 18.2 Å². The zero-order chi connectivity index (χ0) is 11.3. The molecule has 0 radical (unpaired) electrons. The van der Waals surface area contributed by atoms with E-state index in [4.69, 9.17) is 10.5 Å². The molecule has 1 unspecified atom stereocenters. The van der Waals surface area contributed by atoms with Crippen LogP contribution in [-0.2, 0) is 16.0 Å². The van der Waals surface area contributed by atoms with E-state index < -0.39 is 12.0 Å². The first-order valence-corrected chi connectivity index (χ1v) is 4.64. The van der Waals surface area contributed by atoms with Gasteiger partial charge >= 0.3 is 5.97 Å². The van der Waals surface area contributed by atoms with Crippen LogP contribution in [0.4, 0.5) is 0 Å².